The fourth-order valence-electron chi connectivity index (χ4n) is 3.67. The van der Waals surface area contributed by atoms with Gasteiger partial charge in [-0.15, -0.1) is 0 Å². The normalized spacial score (nSPS) is 24.8. The third-order valence-electron chi connectivity index (χ3n) is 5.38. The van der Waals surface area contributed by atoms with Gasteiger partial charge in [0.1, 0.15) is 6.02 Å². The van der Waals surface area contributed by atoms with Crippen LogP contribution in [0.15, 0.2) is 42.5 Å². The van der Waals surface area contributed by atoms with Gasteiger partial charge in [0.05, 0.1) is 1.37 Å². The highest BCUT2D eigenvalue weighted by molar-refractivity contribution is 6.30. The Bertz CT molecular complexity index is 1240. The van der Waals surface area contributed by atoms with Crippen LogP contribution in [-0.4, -0.2) is 34.4 Å². The molecule has 2 aliphatic rings. The molecule has 2 aromatic rings. The Morgan fingerprint density at radius 1 is 1.25 bits per heavy atom. The van der Waals surface area contributed by atoms with Crippen LogP contribution in [0.5, 0.6) is 0 Å². The van der Waals surface area contributed by atoms with Crippen molar-refractivity contribution in [2.24, 2.45) is 0 Å². The van der Waals surface area contributed by atoms with Crippen LogP contribution in [0.4, 0.5) is 8.78 Å². The maximum Gasteiger partial charge on any atom is 0.330 e. The highest BCUT2D eigenvalue weighted by atomic mass is 35.5. The van der Waals surface area contributed by atoms with E-state index in [1.807, 2.05) is 0 Å². The molecule has 6 nitrogen and oxygen atoms in total. The molecule has 2 heterocycles. The Kier molecular flexibility index (Phi) is 4.86. The number of nitrogens with zero attached hydrogens (tertiary/aromatic N) is 1. The maximum absolute atomic E-state index is 14.5. The van der Waals surface area contributed by atoms with E-state index in [9.17, 15) is 28.0 Å². The van der Waals surface area contributed by atoms with Crippen LogP contribution >= 0.6 is 11.6 Å². The number of fused-ring (bicyclic) bond motifs is 1. The molecule has 1 fully saturated rings. The number of halogens is 3. The summed E-state index contributed by atoms with van der Waals surface area (Å²) in [5, 5.41) is 0.272. The van der Waals surface area contributed by atoms with Crippen LogP contribution in [0.25, 0.3) is 0 Å². The molecule has 1 N–H and O–H groups in total. The average molecular weight is 464 g/mol. The van der Waals surface area contributed by atoms with Crippen molar-refractivity contribution in [1.29, 1.82) is 0 Å². The van der Waals surface area contributed by atoms with Crippen LogP contribution in [0.2, 0.25) is 6.43 Å². The number of piperidine rings is 1. The van der Waals surface area contributed by atoms with Crippen molar-refractivity contribution in [3.05, 3.63) is 69.7 Å². The number of amides is 3. The van der Waals surface area contributed by atoms with E-state index in [4.69, 9.17) is 15.8 Å². The number of aryl methyl sites for hydroxylation is 1. The molecule has 1 unspecified atom stereocenters. The summed E-state index contributed by atoms with van der Waals surface area (Å²) < 4.78 is 53.2. The molecule has 9 heteroatoms. The van der Waals surface area contributed by atoms with Gasteiger partial charge in [0.2, 0.25) is 17.6 Å². The average Bonchev–Trinajstić information content (AvgIpc) is 3.16. The molecule has 2 aliphatic heterocycles. The number of imide groups is 1. The lowest BCUT2D eigenvalue weighted by atomic mass is 9.97. The first kappa shape index (κ1) is 18.4. The van der Waals surface area contributed by atoms with E-state index in [-0.39, 0.29) is 28.9 Å². The quantitative estimate of drug-likeness (QED) is 0.665. The molecule has 0 aliphatic carbocycles. The molecule has 0 saturated carbocycles. The summed E-state index contributed by atoms with van der Waals surface area (Å²) in [6, 6.07) is 6.69. The van der Waals surface area contributed by atoms with Crippen LogP contribution in [0.1, 0.15) is 49.0 Å². The number of nitrogens with one attached hydrogen (secondary N) is 1. The number of alkyl halides is 2. The summed E-state index contributed by atoms with van der Waals surface area (Å²) in [4.78, 5) is 50.2. The van der Waals surface area contributed by atoms with Crippen molar-refractivity contribution >= 4 is 35.1 Å². The zero-order valence-corrected chi connectivity index (χ0v) is 17.4. The van der Waals surface area contributed by atoms with Gasteiger partial charge in [0, 0.05) is 36.9 Å². The first-order chi connectivity index (χ1) is 16.4. The minimum atomic E-state index is -3.70. The smallest absolute Gasteiger partial charge is 0.322 e. The minimum Gasteiger partial charge on any atom is -0.322 e. The lowest BCUT2D eigenvalue weighted by Gasteiger charge is -2.29. The van der Waals surface area contributed by atoms with Crippen LogP contribution in [0, 0.1) is 0 Å². The molecule has 32 heavy (non-hydrogen) atoms. The van der Waals surface area contributed by atoms with Crippen molar-refractivity contribution < 1.29 is 32.1 Å². The second-order valence-corrected chi connectivity index (χ2v) is 7.93. The van der Waals surface area contributed by atoms with Crippen molar-refractivity contribution in [2.45, 2.75) is 44.1 Å². The van der Waals surface area contributed by atoms with E-state index < -0.39 is 60.2 Å². The van der Waals surface area contributed by atoms with Crippen LogP contribution in [-0.2, 0) is 33.3 Å². The van der Waals surface area contributed by atoms with E-state index in [1.54, 1.807) is 0 Å². The fourth-order valence-corrected chi connectivity index (χ4v) is 3.80. The molecule has 1 saturated heterocycles. The first-order valence-corrected chi connectivity index (χ1v) is 10.1. The van der Waals surface area contributed by atoms with Gasteiger partial charge in [-0.1, -0.05) is 35.9 Å². The number of carbonyl (C=O) groups excluding carboxylic acids is 4. The standard InChI is InChI=1S/C23H19ClF2N2O4/c24-16-5-3-15(4-6-16)23(25,26)19(29)9-2-13-1-7-17-14(11-13)12-28(22(17)32)18-8-10-20(30)27-21(18)31/h1,3-7,11,18H,2,8-10,12H2,(H,27,30,31)/t18-/m1/s1/i8D,18D/hD/t8?,18-. The molecular formula is C23H19ClF2N2O4. The third-order valence-corrected chi connectivity index (χ3v) is 5.63. The van der Waals surface area contributed by atoms with Gasteiger partial charge in [0.25, 0.3) is 5.91 Å². The van der Waals surface area contributed by atoms with Crippen molar-refractivity contribution in [3.8, 4) is 0 Å². The summed E-state index contributed by atoms with van der Waals surface area (Å²) in [6.45, 7) is -0.233. The van der Waals surface area contributed by atoms with Crippen molar-refractivity contribution in [2.75, 3.05) is 0 Å². The van der Waals surface area contributed by atoms with Crippen molar-refractivity contribution in [1.82, 2.24) is 10.2 Å². The second kappa shape index (κ2) is 8.43. The Hall–Kier alpha value is -3.13. The molecule has 2 aromatic carbocycles. The summed E-state index contributed by atoms with van der Waals surface area (Å²) in [7, 11) is 0. The topological polar surface area (TPSA) is 83.6 Å². The molecule has 2 atom stereocenters. The zero-order chi connectivity index (χ0) is 25.7. The first-order valence-electron chi connectivity index (χ1n) is 11.3. The number of carbonyl (C=O) groups is 4. The predicted octanol–water partition coefficient (Wildman–Crippen LogP) is 3.39. The molecule has 0 spiro atoms. The Labute approximate surface area is 191 Å². The summed E-state index contributed by atoms with van der Waals surface area (Å²) in [6.07, 6.45) is -2.65. The predicted molar refractivity (Wildman–Crippen MR) is 111 cm³/mol. The molecular weight excluding hydrogens is 442 g/mol. The number of rotatable bonds is 6. The van der Waals surface area contributed by atoms with Gasteiger partial charge >= 0.3 is 5.92 Å². The highest BCUT2D eigenvalue weighted by Gasteiger charge is 2.41. The molecule has 0 aromatic heterocycles. The number of ketones is 1. The molecule has 166 valence electrons. The van der Waals surface area contributed by atoms with E-state index in [2.05, 4.69) is 0 Å². The van der Waals surface area contributed by atoms with E-state index in [1.165, 1.54) is 30.3 Å². The number of hydrogen-bond acceptors (Lipinski definition) is 4. The number of Topliss-reactive ketones (excluding diaryl/α,β-unsaturated/α-hetero) is 1. The minimum absolute atomic E-state index is 0.00616. The van der Waals surface area contributed by atoms with Crippen molar-refractivity contribution in [3.63, 3.8) is 0 Å². The Balaban J connectivity index is 1.50. The second-order valence-electron chi connectivity index (χ2n) is 7.49. The lowest BCUT2D eigenvalue weighted by Crippen LogP contribution is -2.52. The number of hydrogen-bond donors (Lipinski definition) is 1. The summed E-state index contributed by atoms with van der Waals surface area (Å²) >= 11 is 5.71. The summed E-state index contributed by atoms with van der Waals surface area (Å²) in [5.41, 5.74) is 0.579. The van der Waals surface area contributed by atoms with E-state index >= 15 is 0 Å². The Morgan fingerprint density at radius 3 is 2.69 bits per heavy atom. The third kappa shape index (κ3) is 4.14. The van der Waals surface area contributed by atoms with Crippen LogP contribution in [0.3, 0.4) is 0 Å². The molecule has 0 bridgehead atoms. The monoisotopic (exact) mass is 463 g/mol. The lowest BCUT2D eigenvalue weighted by molar-refractivity contribution is -0.144. The molecule has 4 rings (SSSR count). The van der Waals surface area contributed by atoms with E-state index in [0.717, 1.165) is 17.0 Å². The van der Waals surface area contributed by atoms with Gasteiger partial charge < -0.3 is 4.90 Å². The highest BCUT2D eigenvalue weighted by Crippen LogP contribution is 2.32. The van der Waals surface area contributed by atoms with Gasteiger partial charge in [-0.2, -0.15) is 8.78 Å². The van der Waals surface area contributed by atoms with E-state index in [0.29, 0.717) is 11.1 Å². The molecule has 3 amide bonds. The maximum atomic E-state index is 14.5. The van der Waals surface area contributed by atoms with Gasteiger partial charge in [0.15, 0.2) is 1.41 Å². The summed E-state index contributed by atoms with van der Waals surface area (Å²) in [5.74, 6) is -7.90. The molecule has 0 radical (unpaired) electrons. The largest absolute Gasteiger partial charge is 0.330 e. The number of benzene rings is 2. The fraction of sp³-hybridized carbons (Fsp3) is 0.304. The Morgan fingerprint density at radius 2 is 1.97 bits per heavy atom. The van der Waals surface area contributed by atoms with Gasteiger partial charge in [-0.25, -0.2) is 0 Å². The zero-order valence-electron chi connectivity index (χ0n) is 19.6. The van der Waals surface area contributed by atoms with Gasteiger partial charge in [-0.3, -0.25) is 24.5 Å². The van der Waals surface area contributed by atoms with Gasteiger partial charge in [-0.05, 0) is 42.1 Å². The SMILES string of the molecule is [2H]C1CC(=O)N([2H])C(=O)[C@]1([2H])N1Cc2cc(CCC(=O)C(F)(F)c3ccc(Cl)cc3)ccc2C1=O. The van der Waals surface area contributed by atoms with Crippen LogP contribution < -0.4 is 5.31 Å².